The molecule has 0 aliphatic carbocycles. The SMILES string of the molecule is CC(=O)[O-].CCCCCCCCCCCCOC(=O)CN.[Na+]. The quantitative estimate of drug-likeness (QED) is 0.287. The molecular weight excluding hydrogens is 293 g/mol. The van der Waals surface area contributed by atoms with Crippen molar-refractivity contribution in [3.63, 3.8) is 0 Å². The van der Waals surface area contributed by atoms with E-state index in [9.17, 15) is 4.79 Å². The van der Waals surface area contributed by atoms with Crippen LogP contribution in [0.3, 0.4) is 0 Å². The molecule has 0 spiro atoms. The maximum absolute atomic E-state index is 10.7. The van der Waals surface area contributed by atoms with Gasteiger partial charge in [0.25, 0.3) is 0 Å². The van der Waals surface area contributed by atoms with Crippen molar-refractivity contribution in [1.29, 1.82) is 0 Å². The van der Waals surface area contributed by atoms with Gasteiger partial charge in [-0.05, 0) is 13.3 Å². The molecule has 5 nitrogen and oxygen atoms in total. The van der Waals surface area contributed by atoms with Crippen LogP contribution >= 0.6 is 0 Å². The Morgan fingerprint density at radius 3 is 1.64 bits per heavy atom. The summed E-state index contributed by atoms with van der Waals surface area (Å²) in [5.41, 5.74) is 5.13. The molecule has 0 aromatic carbocycles. The molecule has 0 saturated heterocycles. The Labute approximate surface area is 157 Å². The molecule has 0 aliphatic rings. The topological polar surface area (TPSA) is 92.5 Å². The fourth-order valence-electron chi connectivity index (χ4n) is 1.83. The van der Waals surface area contributed by atoms with Gasteiger partial charge in [-0.3, -0.25) is 4.79 Å². The van der Waals surface area contributed by atoms with E-state index in [1.807, 2.05) is 0 Å². The zero-order valence-corrected chi connectivity index (χ0v) is 16.7. The number of carboxylic acids is 1. The smallest absolute Gasteiger partial charge is 0.550 e. The Morgan fingerprint density at radius 1 is 0.909 bits per heavy atom. The van der Waals surface area contributed by atoms with Crippen molar-refractivity contribution in [2.45, 2.75) is 78.1 Å². The summed E-state index contributed by atoms with van der Waals surface area (Å²) in [5.74, 6) is -1.37. The molecule has 0 saturated carbocycles. The number of carbonyl (C=O) groups excluding carboxylic acids is 2. The van der Waals surface area contributed by atoms with Crippen molar-refractivity contribution in [1.82, 2.24) is 0 Å². The van der Waals surface area contributed by atoms with Crippen LogP contribution in [0.4, 0.5) is 0 Å². The van der Waals surface area contributed by atoms with Crippen LogP contribution in [-0.2, 0) is 14.3 Å². The summed E-state index contributed by atoms with van der Waals surface area (Å²) < 4.78 is 4.90. The molecule has 6 heteroatoms. The van der Waals surface area contributed by atoms with Gasteiger partial charge < -0.3 is 20.4 Å². The maximum atomic E-state index is 10.7. The van der Waals surface area contributed by atoms with Crippen LogP contribution in [0.1, 0.15) is 78.1 Å². The summed E-state index contributed by atoms with van der Waals surface area (Å²) in [4.78, 5) is 19.6. The Kier molecular flexibility index (Phi) is 28.2. The molecule has 2 N–H and O–H groups in total. The van der Waals surface area contributed by atoms with Gasteiger partial charge in [-0.2, -0.15) is 0 Å². The number of esters is 1. The molecule has 22 heavy (non-hydrogen) atoms. The van der Waals surface area contributed by atoms with E-state index in [0.717, 1.165) is 19.8 Å². The van der Waals surface area contributed by atoms with Crippen molar-refractivity contribution < 1.29 is 49.0 Å². The minimum absolute atomic E-state index is 0. The Hall–Kier alpha value is -0.100. The number of carbonyl (C=O) groups is 2. The molecule has 0 radical (unpaired) electrons. The van der Waals surface area contributed by atoms with Crippen LogP contribution in [0.2, 0.25) is 0 Å². The zero-order valence-electron chi connectivity index (χ0n) is 14.7. The Bertz CT molecular complexity index is 246. The van der Waals surface area contributed by atoms with Gasteiger partial charge in [0.1, 0.15) is 0 Å². The van der Waals surface area contributed by atoms with Gasteiger partial charge in [-0.15, -0.1) is 0 Å². The summed E-state index contributed by atoms with van der Waals surface area (Å²) in [6.45, 7) is 3.75. The zero-order chi connectivity index (χ0) is 16.3. The molecule has 0 aromatic heterocycles. The van der Waals surface area contributed by atoms with Gasteiger partial charge in [-0.25, -0.2) is 0 Å². The molecule has 0 aliphatic heterocycles. The molecule has 0 aromatic rings. The van der Waals surface area contributed by atoms with E-state index in [1.165, 1.54) is 51.4 Å². The van der Waals surface area contributed by atoms with Crippen molar-refractivity contribution >= 4 is 11.9 Å². The first-order valence-corrected chi connectivity index (χ1v) is 8.07. The van der Waals surface area contributed by atoms with Crippen LogP contribution < -0.4 is 40.4 Å². The molecule has 0 unspecified atom stereocenters. The Balaban J connectivity index is -0.000000640. The second-order valence-corrected chi connectivity index (χ2v) is 5.10. The van der Waals surface area contributed by atoms with Crippen molar-refractivity contribution in [2.24, 2.45) is 5.73 Å². The van der Waals surface area contributed by atoms with Crippen LogP contribution in [0, 0.1) is 0 Å². The van der Waals surface area contributed by atoms with E-state index in [4.69, 9.17) is 20.4 Å². The van der Waals surface area contributed by atoms with Gasteiger partial charge in [0.15, 0.2) is 0 Å². The van der Waals surface area contributed by atoms with E-state index in [0.29, 0.717) is 6.61 Å². The van der Waals surface area contributed by atoms with Gasteiger partial charge >= 0.3 is 35.5 Å². The number of unbranched alkanes of at least 4 members (excludes halogenated alkanes) is 9. The molecular formula is C16H32NNaO4. The fraction of sp³-hybridized carbons (Fsp3) is 0.875. The largest absolute Gasteiger partial charge is 1.00 e. The van der Waals surface area contributed by atoms with Gasteiger partial charge in [0.2, 0.25) is 0 Å². The monoisotopic (exact) mass is 325 g/mol. The normalized spacial score (nSPS) is 9.23. The number of aliphatic carboxylic acids is 1. The number of nitrogens with two attached hydrogens (primary N) is 1. The van der Waals surface area contributed by atoms with Crippen LogP contribution in [0.15, 0.2) is 0 Å². The third kappa shape index (κ3) is 32.0. The molecule has 0 fully saturated rings. The molecule has 0 atom stereocenters. The average Bonchev–Trinajstić information content (AvgIpc) is 2.43. The number of hydrogen-bond donors (Lipinski definition) is 1. The summed E-state index contributed by atoms with van der Waals surface area (Å²) in [6.07, 6.45) is 12.9. The summed E-state index contributed by atoms with van der Waals surface area (Å²) in [5, 5.41) is 8.89. The molecule has 0 heterocycles. The Morgan fingerprint density at radius 2 is 1.27 bits per heavy atom. The number of rotatable bonds is 12. The minimum atomic E-state index is -1.08. The summed E-state index contributed by atoms with van der Waals surface area (Å²) >= 11 is 0. The van der Waals surface area contributed by atoms with E-state index in [2.05, 4.69) is 6.92 Å². The molecule has 0 bridgehead atoms. The first-order valence-electron chi connectivity index (χ1n) is 8.07. The van der Waals surface area contributed by atoms with Crippen LogP contribution in [0.5, 0.6) is 0 Å². The van der Waals surface area contributed by atoms with E-state index < -0.39 is 5.97 Å². The third-order valence-electron chi connectivity index (χ3n) is 2.93. The predicted octanol–water partition coefficient (Wildman–Crippen LogP) is -0.831. The summed E-state index contributed by atoms with van der Waals surface area (Å²) in [6, 6.07) is 0. The van der Waals surface area contributed by atoms with Crippen molar-refractivity contribution in [3.8, 4) is 0 Å². The van der Waals surface area contributed by atoms with E-state index in [1.54, 1.807) is 0 Å². The fourth-order valence-corrected chi connectivity index (χ4v) is 1.83. The predicted molar refractivity (Wildman–Crippen MR) is 82.5 cm³/mol. The number of carboxylic acid groups (broad SMARTS) is 1. The standard InChI is InChI=1S/C14H29NO2.C2H4O2.Na/c1-2-3-4-5-6-7-8-9-10-11-12-17-14(16)13-15;1-2(3)4;/h2-13,15H2,1H3;1H3,(H,3,4);/q;;+1/p-1. The maximum Gasteiger partial charge on any atom is 1.00 e. The van der Waals surface area contributed by atoms with E-state index in [-0.39, 0.29) is 42.1 Å². The molecule has 0 amide bonds. The van der Waals surface area contributed by atoms with Gasteiger partial charge in [0.05, 0.1) is 13.2 Å². The minimum Gasteiger partial charge on any atom is -0.550 e. The molecule has 126 valence electrons. The van der Waals surface area contributed by atoms with Crippen LogP contribution in [0.25, 0.3) is 0 Å². The average molecular weight is 325 g/mol. The number of hydrogen-bond acceptors (Lipinski definition) is 5. The van der Waals surface area contributed by atoms with Crippen molar-refractivity contribution in [2.75, 3.05) is 13.2 Å². The first-order chi connectivity index (χ1) is 10.0. The van der Waals surface area contributed by atoms with Gasteiger partial charge in [-0.1, -0.05) is 64.7 Å². The van der Waals surface area contributed by atoms with E-state index >= 15 is 0 Å². The molecule has 0 rings (SSSR count). The third-order valence-corrected chi connectivity index (χ3v) is 2.93. The van der Waals surface area contributed by atoms with Gasteiger partial charge in [0, 0.05) is 5.97 Å². The van der Waals surface area contributed by atoms with Crippen LogP contribution in [-0.4, -0.2) is 25.1 Å². The van der Waals surface area contributed by atoms with Crippen molar-refractivity contribution in [3.05, 3.63) is 0 Å². The second kappa shape index (κ2) is 23.2. The summed E-state index contributed by atoms with van der Waals surface area (Å²) in [7, 11) is 0. The number of ether oxygens (including phenoxy) is 1. The second-order valence-electron chi connectivity index (χ2n) is 5.10. The first kappa shape index (κ1) is 26.8.